The molecule has 0 radical (unpaired) electrons. The molecule has 1 aromatic rings. The lowest BCUT2D eigenvalue weighted by Gasteiger charge is -2.26. The zero-order valence-corrected chi connectivity index (χ0v) is 9.78. The molecule has 4 heteroatoms. The number of nitrogens with zero attached hydrogens (tertiary/aromatic N) is 2. The first-order valence-corrected chi connectivity index (χ1v) is 5.80. The number of hydrogen-bond acceptors (Lipinski definition) is 4. The second-order valence-electron chi connectivity index (χ2n) is 4.03. The van der Waals surface area contributed by atoms with Gasteiger partial charge >= 0.3 is 0 Å². The van der Waals surface area contributed by atoms with Crippen LogP contribution < -0.4 is 10.1 Å². The normalized spacial score (nSPS) is 17.3. The van der Waals surface area contributed by atoms with Gasteiger partial charge in [-0.1, -0.05) is 0 Å². The fourth-order valence-corrected chi connectivity index (χ4v) is 1.89. The van der Waals surface area contributed by atoms with Gasteiger partial charge < -0.3 is 15.0 Å². The van der Waals surface area contributed by atoms with E-state index in [2.05, 4.69) is 15.2 Å². The number of nitrogens with one attached hydrogen (secondary N) is 1. The van der Waals surface area contributed by atoms with Crippen LogP contribution in [0.15, 0.2) is 18.3 Å². The maximum atomic E-state index is 5.08. The van der Waals surface area contributed by atoms with Crippen LogP contribution in [0.25, 0.3) is 0 Å². The Balaban J connectivity index is 1.79. The van der Waals surface area contributed by atoms with Crippen LogP contribution in [0.2, 0.25) is 0 Å². The second-order valence-corrected chi connectivity index (χ2v) is 4.03. The van der Waals surface area contributed by atoms with Crippen LogP contribution in [0, 0.1) is 0 Å². The van der Waals surface area contributed by atoms with Gasteiger partial charge in [0.05, 0.1) is 13.3 Å². The van der Waals surface area contributed by atoms with E-state index in [1.54, 1.807) is 13.3 Å². The first-order valence-electron chi connectivity index (χ1n) is 5.80. The Labute approximate surface area is 96.6 Å². The van der Waals surface area contributed by atoms with E-state index in [-0.39, 0.29) is 0 Å². The highest BCUT2D eigenvalue weighted by Gasteiger charge is 2.09. The third-order valence-electron chi connectivity index (χ3n) is 2.93. The maximum absolute atomic E-state index is 5.08. The zero-order valence-electron chi connectivity index (χ0n) is 9.78. The Morgan fingerprint density at radius 2 is 2.19 bits per heavy atom. The topological polar surface area (TPSA) is 37.4 Å². The minimum Gasteiger partial charge on any atom is -0.495 e. The van der Waals surface area contributed by atoms with Crippen LogP contribution >= 0.6 is 0 Å². The third-order valence-corrected chi connectivity index (χ3v) is 2.93. The summed E-state index contributed by atoms with van der Waals surface area (Å²) in [6.07, 6.45) is 2.80. The van der Waals surface area contributed by atoms with E-state index < -0.39 is 0 Å². The summed E-state index contributed by atoms with van der Waals surface area (Å²) in [6.45, 7) is 5.61. The molecule has 16 heavy (non-hydrogen) atoms. The quantitative estimate of drug-likeness (QED) is 0.805. The van der Waals surface area contributed by atoms with E-state index in [9.17, 15) is 0 Å². The average Bonchev–Trinajstić information content (AvgIpc) is 2.38. The lowest BCUT2D eigenvalue weighted by molar-refractivity contribution is 0.243. The smallest absolute Gasteiger partial charge is 0.137 e. The Morgan fingerprint density at radius 3 is 2.81 bits per heavy atom. The number of rotatable bonds is 4. The summed E-state index contributed by atoms with van der Waals surface area (Å²) in [7, 11) is 1.66. The molecule has 0 bridgehead atoms. The Kier molecular flexibility index (Phi) is 4.13. The van der Waals surface area contributed by atoms with Crippen molar-refractivity contribution >= 4 is 0 Å². The van der Waals surface area contributed by atoms with Crippen LogP contribution in [0.1, 0.15) is 5.69 Å². The lowest BCUT2D eigenvalue weighted by atomic mass is 10.2. The van der Waals surface area contributed by atoms with Crippen LogP contribution in [0.4, 0.5) is 0 Å². The van der Waals surface area contributed by atoms with Gasteiger partial charge in [-0.05, 0) is 12.1 Å². The van der Waals surface area contributed by atoms with Gasteiger partial charge in [-0.2, -0.15) is 0 Å². The fourth-order valence-electron chi connectivity index (χ4n) is 1.89. The Bertz CT molecular complexity index is 307. The van der Waals surface area contributed by atoms with Crippen molar-refractivity contribution in [3.8, 4) is 5.75 Å². The van der Waals surface area contributed by atoms with Gasteiger partial charge in [-0.25, -0.2) is 0 Å². The van der Waals surface area contributed by atoms with Crippen LogP contribution in [-0.2, 0) is 6.42 Å². The van der Waals surface area contributed by atoms with Crippen molar-refractivity contribution in [3.63, 3.8) is 0 Å². The summed E-state index contributed by atoms with van der Waals surface area (Å²) < 4.78 is 5.08. The molecule has 1 aliphatic heterocycles. The molecule has 0 amide bonds. The summed E-state index contributed by atoms with van der Waals surface area (Å²) in [5, 5.41) is 3.35. The summed E-state index contributed by atoms with van der Waals surface area (Å²) in [5.74, 6) is 0.825. The highest BCUT2D eigenvalue weighted by Crippen LogP contribution is 2.08. The van der Waals surface area contributed by atoms with Gasteiger partial charge in [0, 0.05) is 44.8 Å². The van der Waals surface area contributed by atoms with E-state index in [1.165, 1.54) is 0 Å². The monoisotopic (exact) mass is 221 g/mol. The van der Waals surface area contributed by atoms with Gasteiger partial charge in [0.1, 0.15) is 5.75 Å². The van der Waals surface area contributed by atoms with Crippen LogP contribution in [-0.4, -0.2) is 49.7 Å². The van der Waals surface area contributed by atoms with Gasteiger partial charge in [0.2, 0.25) is 0 Å². The predicted octanol–water partition coefficient (Wildman–Crippen LogP) is 0.538. The van der Waals surface area contributed by atoms with Crippen LogP contribution in [0.3, 0.4) is 0 Å². The van der Waals surface area contributed by atoms with E-state index in [0.717, 1.165) is 50.6 Å². The van der Waals surface area contributed by atoms with E-state index in [1.807, 2.05) is 12.1 Å². The van der Waals surface area contributed by atoms with E-state index in [0.29, 0.717) is 0 Å². The van der Waals surface area contributed by atoms with Gasteiger partial charge in [-0.3, -0.25) is 4.98 Å². The number of methoxy groups -OCH3 is 1. The van der Waals surface area contributed by atoms with Crippen molar-refractivity contribution in [1.29, 1.82) is 0 Å². The third kappa shape index (κ3) is 3.18. The van der Waals surface area contributed by atoms with E-state index >= 15 is 0 Å². The Hall–Kier alpha value is -1.13. The highest BCUT2D eigenvalue weighted by molar-refractivity contribution is 5.19. The van der Waals surface area contributed by atoms with E-state index in [4.69, 9.17) is 4.74 Å². The summed E-state index contributed by atoms with van der Waals surface area (Å²) in [6, 6.07) is 4.02. The number of aromatic nitrogens is 1. The van der Waals surface area contributed by atoms with Gasteiger partial charge in [-0.15, -0.1) is 0 Å². The molecule has 2 rings (SSSR count). The molecule has 1 saturated heterocycles. The predicted molar refractivity (Wildman–Crippen MR) is 63.8 cm³/mol. The molecule has 0 aromatic carbocycles. The molecule has 0 saturated carbocycles. The standard InChI is InChI=1S/C12H19N3O/c1-16-12-3-2-11(14-10-12)4-7-15-8-5-13-6-9-15/h2-3,10,13H,4-9H2,1H3. The van der Waals surface area contributed by atoms with Gasteiger partial charge in [0.15, 0.2) is 0 Å². The van der Waals surface area contributed by atoms with Gasteiger partial charge in [0.25, 0.3) is 0 Å². The molecule has 0 unspecified atom stereocenters. The summed E-state index contributed by atoms with van der Waals surface area (Å²) in [5.41, 5.74) is 1.14. The van der Waals surface area contributed by atoms with Crippen molar-refractivity contribution in [2.24, 2.45) is 0 Å². The molecule has 1 aromatic heterocycles. The first-order chi connectivity index (χ1) is 7.88. The van der Waals surface area contributed by atoms with Crippen LogP contribution in [0.5, 0.6) is 5.75 Å². The number of ether oxygens (including phenoxy) is 1. The lowest BCUT2D eigenvalue weighted by Crippen LogP contribution is -2.44. The molecule has 1 N–H and O–H groups in total. The largest absolute Gasteiger partial charge is 0.495 e. The highest BCUT2D eigenvalue weighted by atomic mass is 16.5. The molecule has 4 nitrogen and oxygen atoms in total. The van der Waals surface area contributed by atoms with Crippen molar-refractivity contribution in [2.75, 3.05) is 39.8 Å². The SMILES string of the molecule is COc1ccc(CCN2CCNCC2)nc1. The number of piperazine rings is 1. The van der Waals surface area contributed by atoms with Crippen molar-refractivity contribution in [2.45, 2.75) is 6.42 Å². The number of hydrogen-bond donors (Lipinski definition) is 1. The van der Waals surface area contributed by atoms with Crippen molar-refractivity contribution < 1.29 is 4.74 Å². The molecule has 0 atom stereocenters. The molecule has 1 aliphatic rings. The first kappa shape index (κ1) is 11.4. The summed E-state index contributed by atoms with van der Waals surface area (Å²) in [4.78, 5) is 6.84. The van der Waals surface area contributed by atoms with Crippen molar-refractivity contribution in [3.05, 3.63) is 24.0 Å². The molecule has 88 valence electrons. The minimum atomic E-state index is 0.825. The molecule has 2 heterocycles. The molecule has 0 spiro atoms. The average molecular weight is 221 g/mol. The van der Waals surface area contributed by atoms with Crippen molar-refractivity contribution in [1.82, 2.24) is 15.2 Å². The minimum absolute atomic E-state index is 0.825. The maximum Gasteiger partial charge on any atom is 0.137 e. The molecule has 0 aliphatic carbocycles. The number of pyridine rings is 1. The molecule has 1 fully saturated rings. The Morgan fingerprint density at radius 1 is 1.38 bits per heavy atom. The fraction of sp³-hybridized carbons (Fsp3) is 0.583. The zero-order chi connectivity index (χ0) is 11.2. The molecular formula is C12H19N3O. The summed E-state index contributed by atoms with van der Waals surface area (Å²) >= 11 is 0. The second kappa shape index (κ2) is 5.82. The molecular weight excluding hydrogens is 202 g/mol.